The van der Waals surface area contributed by atoms with Gasteiger partial charge in [-0.05, 0) is 71.6 Å². The molecule has 5 nitrogen and oxygen atoms in total. The molecule has 1 aliphatic rings. The molecule has 8 heteroatoms. The van der Waals surface area contributed by atoms with E-state index in [1.54, 1.807) is 6.08 Å². The summed E-state index contributed by atoms with van der Waals surface area (Å²) in [6.07, 6.45) is 3.47. The summed E-state index contributed by atoms with van der Waals surface area (Å²) in [6, 6.07) is 9.81. The number of ether oxygens (including phenoxy) is 3. The number of rotatable bonds is 10. The zero-order chi connectivity index (χ0) is 24.0. The fourth-order valence-corrected chi connectivity index (χ4v) is 5.18. The van der Waals surface area contributed by atoms with E-state index in [0.717, 1.165) is 26.9 Å². The Bertz CT molecular complexity index is 1080. The van der Waals surface area contributed by atoms with E-state index in [9.17, 15) is 4.79 Å². The molecule has 0 aliphatic carbocycles. The maximum Gasteiger partial charge on any atom is 0.266 e. The average Bonchev–Trinajstić information content (AvgIpc) is 3.02. The Morgan fingerprint density at radius 1 is 1.12 bits per heavy atom. The van der Waals surface area contributed by atoms with E-state index in [1.165, 1.54) is 16.7 Å². The maximum atomic E-state index is 12.6. The predicted octanol–water partition coefficient (Wildman–Crippen LogP) is 6.31. The number of nitrogens with zero attached hydrogens (tertiary/aromatic N) is 1. The van der Waals surface area contributed by atoms with Crippen LogP contribution in [0.1, 0.15) is 23.6 Å². The molecule has 1 heterocycles. The number of carbonyl (C=O) groups excluding carboxylic acids is 1. The summed E-state index contributed by atoms with van der Waals surface area (Å²) < 4.78 is 19.0. The number of thiocarbonyl (C=S) groups is 1. The molecule has 1 fully saturated rings. The summed E-state index contributed by atoms with van der Waals surface area (Å²) in [5, 5.41) is 0. The van der Waals surface area contributed by atoms with Gasteiger partial charge in [0, 0.05) is 6.54 Å². The molecule has 0 bridgehead atoms. The first-order chi connectivity index (χ1) is 15.8. The number of carbonyl (C=O) groups is 1. The summed E-state index contributed by atoms with van der Waals surface area (Å²) in [5.41, 5.74) is 2.99. The number of aryl methyl sites for hydroxylation is 2. The van der Waals surface area contributed by atoms with Gasteiger partial charge in [-0.15, -0.1) is 6.58 Å². The Hall–Kier alpha value is -2.29. The number of amides is 1. The SMILES string of the molecule is C=CCN1C(=O)/C(=C/c2cc(Br)c(OCCOc3c(C)cccc3C)c(OCC)c2)SC1=S. The number of para-hydroxylation sites is 1. The number of hydrogen-bond donors (Lipinski definition) is 0. The van der Waals surface area contributed by atoms with E-state index in [-0.39, 0.29) is 5.91 Å². The van der Waals surface area contributed by atoms with E-state index in [1.807, 2.05) is 57.2 Å². The normalized spacial score (nSPS) is 14.7. The minimum absolute atomic E-state index is 0.122. The van der Waals surface area contributed by atoms with Crippen LogP contribution in [0.15, 0.2) is 52.4 Å². The largest absolute Gasteiger partial charge is 0.490 e. The molecule has 174 valence electrons. The van der Waals surface area contributed by atoms with Gasteiger partial charge in [-0.3, -0.25) is 9.69 Å². The van der Waals surface area contributed by atoms with Gasteiger partial charge in [-0.2, -0.15) is 0 Å². The lowest BCUT2D eigenvalue weighted by Gasteiger charge is -2.16. The second-order valence-electron chi connectivity index (χ2n) is 7.26. The smallest absolute Gasteiger partial charge is 0.266 e. The minimum Gasteiger partial charge on any atom is -0.490 e. The summed E-state index contributed by atoms with van der Waals surface area (Å²) in [4.78, 5) is 14.7. The van der Waals surface area contributed by atoms with Gasteiger partial charge in [-0.25, -0.2) is 0 Å². The number of hydrogen-bond acceptors (Lipinski definition) is 6. The van der Waals surface area contributed by atoms with Crippen molar-refractivity contribution in [3.05, 3.63) is 69.1 Å². The van der Waals surface area contributed by atoms with Crippen molar-refractivity contribution in [2.75, 3.05) is 26.4 Å². The molecule has 0 saturated carbocycles. The summed E-state index contributed by atoms with van der Waals surface area (Å²) in [5.74, 6) is 1.95. The third-order valence-electron chi connectivity index (χ3n) is 4.80. The van der Waals surface area contributed by atoms with Gasteiger partial charge in [0.05, 0.1) is 16.0 Å². The predicted molar refractivity (Wildman–Crippen MR) is 142 cm³/mol. The van der Waals surface area contributed by atoms with E-state index in [4.69, 9.17) is 26.4 Å². The van der Waals surface area contributed by atoms with Crippen LogP contribution < -0.4 is 14.2 Å². The van der Waals surface area contributed by atoms with Crippen molar-refractivity contribution in [2.24, 2.45) is 0 Å². The monoisotopic (exact) mass is 547 g/mol. The first kappa shape index (κ1) is 25.3. The van der Waals surface area contributed by atoms with E-state index < -0.39 is 0 Å². The lowest BCUT2D eigenvalue weighted by molar-refractivity contribution is -0.121. The van der Waals surface area contributed by atoms with Crippen LogP contribution in [0, 0.1) is 13.8 Å². The fourth-order valence-electron chi connectivity index (χ4n) is 3.33. The molecule has 1 aliphatic heterocycles. The Labute approximate surface area is 212 Å². The molecule has 0 atom stereocenters. The highest BCUT2D eigenvalue weighted by Gasteiger charge is 2.31. The van der Waals surface area contributed by atoms with Gasteiger partial charge < -0.3 is 14.2 Å². The fraction of sp³-hybridized carbons (Fsp3) is 0.280. The maximum absolute atomic E-state index is 12.6. The highest BCUT2D eigenvalue weighted by molar-refractivity contribution is 9.10. The van der Waals surface area contributed by atoms with Gasteiger partial charge in [-0.1, -0.05) is 48.3 Å². The molecule has 2 aromatic rings. The molecule has 0 N–H and O–H groups in total. The lowest BCUT2D eigenvalue weighted by Crippen LogP contribution is -2.27. The van der Waals surface area contributed by atoms with Crippen molar-refractivity contribution < 1.29 is 19.0 Å². The standard InChI is InChI=1S/C25H26BrNO4S2/c1-5-10-27-24(28)21(33-25(27)32)15-18-13-19(26)23(20(14-18)29-6-2)31-12-11-30-22-16(3)8-7-9-17(22)4/h5,7-9,13-15H,1,6,10-12H2,2-4H3/b21-15-. The minimum atomic E-state index is -0.122. The molecule has 0 radical (unpaired) electrons. The molecule has 0 aromatic heterocycles. The van der Waals surface area contributed by atoms with Crippen LogP contribution in [-0.4, -0.2) is 41.5 Å². The van der Waals surface area contributed by atoms with Crippen LogP contribution in [0.2, 0.25) is 0 Å². The summed E-state index contributed by atoms with van der Waals surface area (Å²) in [7, 11) is 0. The Kier molecular flexibility index (Phi) is 9.00. The number of benzene rings is 2. The van der Waals surface area contributed by atoms with Crippen LogP contribution in [-0.2, 0) is 4.79 Å². The van der Waals surface area contributed by atoms with Crippen molar-refractivity contribution >= 4 is 56.2 Å². The quantitative estimate of drug-likeness (QED) is 0.150. The van der Waals surface area contributed by atoms with Crippen LogP contribution in [0.25, 0.3) is 6.08 Å². The molecule has 2 aromatic carbocycles. The molecule has 1 saturated heterocycles. The average molecular weight is 549 g/mol. The first-order valence-electron chi connectivity index (χ1n) is 10.5. The molecular formula is C25H26BrNO4S2. The van der Waals surface area contributed by atoms with Crippen molar-refractivity contribution in [3.8, 4) is 17.2 Å². The third kappa shape index (κ3) is 6.19. The van der Waals surface area contributed by atoms with Gasteiger partial charge in [0.2, 0.25) is 0 Å². The van der Waals surface area contributed by atoms with Crippen molar-refractivity contribution in [1.82, 2.24) is 4.90 Å². The summed E-state index contributed by atoms with van der Waals surface area (Å²) in [6.45, 7) is 11.3. The topological polar surface area (TPSA) is 48.0 Å². The zero-order valence-corrected chi connectivity index (χ0v) is 22.1. The van der Waals surface area contributed by atoms with Crippen molar-refractivity contribution in [2.45, 2.75) is 20.8 Å². The van der Waals surface area contributed by atoms with Crippen LogP contribution in [0.4, 0.5) is 0 Å². The summed E-state index contributed by atoms with van der Waals surface area (Å²) >= 11 is 10.2. The Morgan fingerprint density at radius 2 is 1.79 bits per heavy atom. The molecule has 0 spiro atoms. The van der Waals surface area contributed by atoms with Crippen LogP contribution in [0.3, 0.4) is 0 Å². The molecule has 0 unspecified atom stereocenters. The van der Waals surface area contributed by atoms with Gasteiger partial charge in [0.25, 0.3) is 5.91 Å². The van der Waals surface area contributed by atoms with Crippen molar-refractivity contribution in [3.63, 3.8) is 0 Å². The van der Waals surface area contributed by atoms with Gasteiger partial charge >= 0.3 is 0 Å². The first-order valence-corrected chi connectivity index (χ1v) is 12.5. The van der Waals surface area contributed by atoms with E-state index >= 15 is 0 Å². The second kappa shape index (κ2) is 11.7. The van der Waals surface area contributed by atoms with Crippen molar-refractivity contribution in [1.29, 1.82) is 0 Å². The molecular weight excluding hydrogens is 522 g/mol. The van der Waals surface area contributed by atoms with Crippen LogP contribution in [0.5, 0.6) is 17.2 Å². The van der Waals surface area contributed by atoms with E-state index in [0.29, 0.717) is 47.1 Å². The lowest BCUT2D eigenvalue weighted by atomic mass is 10.1. The highest BCUT2D eigenvalue weighted by atomic mass is 79.9. The molecule has 1 amide bonds. The Morgan fingerprint density at radius 3 is 2.42 bits per heavy atom. The third-order valence-corrected chi connectivity index (χ3v) is 6.77. The molecule has 3 rings (SSSR count). The number of halogens is 1. The second-order valence-corrected chi connectivity index (χ2v) is 9.79. The Balaban J connectivity index is 1.74. The highest BCUT2D eigenvalue weighted by Crippen LogP contribution is 2.39. The van der Waals surface area contributed by atoms with Gasteiger partial charge in [0.15, 0.2) is 11.5 Å². The molecule has 33 heavy (non-hydrogen) atoms. The van der Waals surface area contributed by atoms with Gasteiger partial charge in [0.1, 0.15) is 23.3 Å². The zero-order valence-electron chi connectivity index (χ0n) is 18.9. The van der Waals surface area contributed by atoms with Crippen LogP contribution >= 0.6 is 39.9 Å². The number of thioether (sulfide) groups is 1. The van der Waals surface area contributed by atoms with E-state index in [2.05, 4.69) is 22.5 Å².